The molecule has 108 valence electrons. The molecule has 0 radical (unpaired) electrons. The fraction of sp³-hybridized carbons (Fsp3) is 0.188. The molecule has 0 fully saturated rings. The number of hydrogen-bond acceptors (Lipinski definition) is 3. The number of halogens is 1. The molecular weight excluding hydrogens is 286 g/mol. The summed E-state index contributed by atoms with van der Waals surface area (Å²) in [5.41, 5.74) is 2.77. The highest BCUT2D eigenvalue weighted by molar-refractivity contribution is 6.30. The molecule has 0 atom stereocenters. The van der Waals surface area contributed by atoms with E-state index in [1.807, 2.05) is 65.0 Å². The molecule has 3 rings (SSSR count). The van der Waals surface area contributed by atoms with Gasteiger partial charge in [0, 0.05) is 24.8 Å². The molecule has 0 bridgehead atoms. The van der Waals surface area contributed by atoms with Crippen molar-refractivity contribution in [3.8, 4) is 0 Å². The van der Waals surface area contributed by atoms with Crippen LogP contribution in [0.2, 0.25) is 5.02 Å². The van der Waals surface area contributed by atoms with Gasteiger partial charge in [0.05, 0.1) is 12.3 Å². The Morgan fingerprint density at radius 1 is 1.19 bits per heavy atom. The van der Waals surface area contributed by atoms with Gasteiger partial charge < -0.3 is 10.0 Å². The van der Waals surface area contributed by atoms with E-state index in [1.54, 1.807) is 0 Å². The van der Waals surface area contributed by atoms with E-state index in [4.69, 9.17) is 11.6 Å². The Labute approximate surface area is 128 Å². The second kappa shape index (κ2) is 5.76. The molecule has 0 saturated carbocycles. The summed E-state index contributed by atoms with van der Waals surface area (Å²) in [5.74, 6) is 0.790. The van der Waals surface area contributed by atoms with Crippen LogP contribution in [0.1, 0.15) is 11.3 Å². The molecule has 21 heavy (non-hydrogen) atoms. The average Bonchev–Trinajstić information content (AvgIpc) is 2.88. The van der Waals surface area contributed by atoms with Gasteiger partial charge in [0.2, 0.25) is 0 Å². The minimum absolute atomic E-state index is 0.0501. The number of anilines is 1. The lowest BCUT2D eigenvalue weighted by Gasteiger charge is -2.18. The maximum Gasteiger partial charge on any atom is 0.153 e. The summed E-state index contributed by atoms with van der Waals surface area (Å²) in [6.07, 6.45) is 1.91. The molecular formula is C16H16ClN3O. The van der Waals surface area contributed by atoms with Crippen LogP contribution in [0, 0.1) is 0 Å². The fourth-order valence-corrected chi connectivity index (χ4v) is 2.55. The van der Waals surface area contributed by atoms with Crippen molar-refractivity contribution in [1.82, 2.24) is 9.38 Å². The summed E-state index contributed by atoms with van der Waals surface area (Å²) in [6.45, 7) is 0.652. The van der Waals surface area contributed by atoms with Crippen molar-refractivity contribution in [2.45, 2.75) is 13.2 Å². The lowest BCUT2D eigenvalue weighted by molar-refractivity contribution is 0.276. The highest BCUT2D eigenvalue weighted by atomic mass is 35.5. The number of benzene rings is 1. The minimum atomic E-state index is -0.0501. The standard InChI is InChI=1S/C16H16ClN3O/c1-19(10-12-5-7-13(17)8-6-12)16-14(11-21)20-9-3-2-4-15(20)18-16/h2-9,21H,10-11H2,1H3. The zero-order valence-corrected chi connectivity index (χ0v) is 12.5. The molecule has 3 aromatic rings. The number of fused-ring (bicyclic) bond motifs is 1. The Bertz CT molecular complexity index is 752. The fourth-order valence-electron chi connectivity index (χ4n) is 2.43. The molecule has 2 heterocycles. The van der Waals surface area contributed by atoms with E-state index in [-0.39, 0.29) is 6.61 Å². The van der Waals surface area contributed by atoms with Crippen LogP contribution in [0.25, 0.3) is 5.65 Å². The van der Waals surface area contributed by atoms with Crippen LogP contribution >= 0.6 is 11.6 Å². The van der Waals surface area contributed by atoms with E-state index in [0.717, 1.165) is 27.7 Å². The third-order valence-electron chi connectivity index (χ3n) is 3.45. The Morgan fingerprint density at radius 3 is 2.67 bits per heavy atom. The summed E-state index contributed by atoms with van der Waals surface area (Å²) in [6, 6.07) is 13.5. The first kappa shape index (κ1) is 13.9. The average molecular weight is 302 g/mol. The number of nitrogens with zero attached hydrogens (tertiary/aromatic N) is 3. The highest BCUT2D eigenvalue weighted by Crippen LogP contribution is 2.22. The topological polar surface area (TPSA) is 40.8 Å². The van der Waals surface area contributed by atoms with Gasteiger partial charge in [-0.2, -0.15) is 0 Å². The second-order valence-corrected chi connectivity index (χ2v) is 5.39. The van der Waals surface area contributed by atoms with Crippen molar-refractivity contribution in [1.29, 1.82) is 0 Å². The molecule has 0 spiro atoms. The Hall–Kier alpha value is -2.04. The smallest absolute Gasteiger partial charge is 0.153 e. The number of aliphatic hydroxyl groups excluding tert-OH is 1. The van der Waals surface area contributed by atoms with Gasteiger partial charge in [-0.3, -0.25) is 4.40 Å². The highest BCUT2D eigenvalue weighted by Gasteiger charge is 2.14. The van der Waals surface area contributed by atoms with Gasteiger partial charge in [-0.15, -0.1) is 0 Å². The van der Waals surface area contributed by atoms with Crippen molar-refractivity contribution in [2.24, 2.45) is 0 Å². The monoisotopic (exact) mass is 301 g/mol. The molecule has 0 unspecified atom stereocenters. The number of imidazole rings is 1. The zero-order valence-electron chi connectivity index (χ0n) is 11.7. The summed E-state index contributed by atoms with van der Waals surface area (Å²) in [4.78, 5) is 6.63. The quantitative estimate of drug-likeness (QED) is 0.805. The van der Waals surface area contributed by atoms with Crippen molar-refractivity contribution in [3.05, 3.63) is 64.9 Å². The van der Waals surface area contributed by atoms with Crippen LogP contribution in [0.3, 0.4) is 0 Å². The van der Waals surface area contributed by atoms with E-state index in [9.17, 15) is 5.11 Å². The number of pyridine rings is 1. The van der Waals surface area contributed by atoms with Crippen molar-refractivity contribution in [3.63, 3.8) is 0 Å². The van der Waals surface area contributed by atoms with Crippen LogP contribution in [-0.4, -0.2) is 21.5 Å². The van der Waals surface area contributed by atoms with Gasteiger partial charge in [0.15, 0.2) is 5.82 Å². The molecule has 5 heteroatoms. The van der Waals surface area contributed by atoms with Crippen molar-refractivity contribution in [2.75, 3.05) is 11.9 Å². The first-order chi connectivity index (χ1) is 10.2. The molecule has 0 aliphatic rings. The van der Waals surface area contributed by atoms with Gasteiger partial charge >= 0.3 is 0 Å². The molecule has 1 aromatic carbocycles. The van der Waals surface area contributed by atoms with Crippen LogP contribution in [-0.2, 0) is 13.2 Å². The molecule has 1 N–H and O–H groups in total. The third-order valence-corrected chi connectivity index (χ3v) is 3.70. The van der Waals surface area contributed by atoms with E-state index >= 15 is 0 Å². The molecule has 0 aliphatic carbocycles. The normalized spacial score (nSPS) is 11.0. The predicted molar refractivity (Wildman–Crippen MR) is 84.7 cm³/mol. The van der Waals surface area contributed by atoms with E-state index in [0.29, 0.717) is 6.54 Å². The van der Waals surface area contributed by atoms with E-state index in [1.165, 1.54) is 0 Å². The number of hydrogen-bond donors (Lipinski definition) is 1. The number of aliphatic hydroxyl groups is 1. The Kier molecular flexibility index (Phi) is 3.82. The van der Waals surface area contributed by atoms with Crippen LogP contribution in [0.15, 0.2) is 48.7 Å². The first-order valence-electron chi connectivity index (χ1n) is 6.71. The first-order valence-corrected chi connectivity index (χ1v) is 7.09. The Morgan fingerprint density at radius 2 is 1.95 bits per heavy atom. The molecule has 2 aromatic heterocycles. The summed E-state index contributed by atoms with van der Waals surface area (Å²) in [7, 11) is 1.97. The second-order valence-electron chi connectivity index (χ2n) is 4.95. The van der Waals surface area contributed by atoms with Crippen molar-refractivity contribution >= 4 is 23.1 Å². The maximum absolute atomic E-state index is 9.65. The molecule has 0 amide bonds. The van der Waals surface area contributed by atoms with Gasteiger partial charge in [0.25, 0.3) is 0 Å². The SMILES string of the molecule is CN(Cc1ccc(Cl)cc1)c1nc2ccccn2c1CO. The van der Waals surface area contributed by atoms with Gasteiger partial charge in [0.1, 0.15) is 5.65 Å². The molecule has 0 saturated heterocycles. The van der Waals surface area contributed by atoms with Gasteiger partial charge in [-0.25, -0.2) is 4.98 Å². The molecule has 0 aliphatic heterocycles. The lowest BCUT2D eigenvalue weighted by Crippen LogP contribution is -2.18. The summed E-state index contributed by atoms with van der Waals surface area (Å²) in [5, 5.41) is 10.4. The number of aromatic nitrogens is 2. The predicted octanol–water partition coefficient (Wildman–Crippen LogP) is 3.12. The third kappa shape index (κ3) is 2.73. The Balaban J connectivity index is 1.93. The van der Waals surface area contributed by atoms with Gasteiger partial charge in [-0.1, -0.05) is 29.8 Å². The summed E-state index contributed by atoms with van der Waals surface area (Å²) >= 11 is 5.90. The largest absolute Gasteiger partial charge is 0.390 e. The maximum atomic E-state index is 9.65. The minimum Gasteiger partial charge on any atom is -0.390 e. The van der Waals surface area contributed by atoms with Crippen molar-refractivity contribution < 1.29 is 5.11 Å². The van der Waals surface area contributed by atoms with E-state index in [2.05, 4.69) is 4.98 Å². The molecule has 4 nitrogen and oxygen atoms in total. The van der Waals surface area contributed by atoms with Gasteiger partial charge in [-0.05, 0) is 29.8 Å². The summed E-state index contributed by atoms with van der Waals surface area (Å²) < 4.78 is 1.91. The van der Waals surface area contributed by atoms with Crippen LogP contribution < -0.4 is 4.90 Å². The van der Waals surface area contributed by atoms with Crippen LogP contribution in [0.5, 0.6) is 0 Å². The zero-order chi connectivity index (χ0) is 14.8. The van der Waals surface area contributed by atoms with Crippen LogP contribution in [0.4, 0.5) is 5.82 Å². The lowest BCUT2D eigenvalue weighted by atomic mass is 10.2. The van der Waals surface area contributed by atoms with E-state index < -0.39 is 0 Å². The number of rotatable bonds is 4.